The van der Waals surface area contributed by atoms with Gasteiger partial charge in [0.2, 0.25) is 11.8 Å². The van der Waals surface area contributed by atoms with Crippen LogP contribution in [0.15, 0.2) is 109 Å². The van der Waals surface area contributed by atoms with E-state index in [0.29, 0.717) is 11.8 Å². The first-order chi connectivity index (χ1) is 25.7. The van der Waals surface area contributed by atoms with Gasteiger partial charge in [-0.3, -0.25) is 9.80 Å². The number of likely N-dealkylation sites (tertiary alicyclic amines) is 2. The van der Waals surface area contributed by atoms with Gasteiger partial charge in [-0.2, -0.15) is 0 Å². The van der Waals surface area contributed by atoms with Gasteiger partial charge in [0, 0.05) is 11.1 Å². The molecule has 0 amide bonds. The van der Waals surface area contributed by atoms with Crippen LogP contribution in [-0.2, 0) is 0 Å². The fraction of sp³-hybridized carbons (Fsp3) is 0.391. The fourth-order valence-corrected chi connectivity index (χ4v) is 9.01. The maximum atomic E-state index is 7.23. The first-order valence-electron chi connectivity index (χ1n) is 19.8. The Kier molecular flexibility index (Phi) is 10.6. The highest BCUT2D eigenvalue weighted by molar-refractivity contribution is 5.91. The molecule has 0 N–H and O–H groups in total. The summed E-state index contributed by atoms with van der Waals surface area (Å²) < 4.78 is 14.5. The molecule has 6 aromatic rings. The smallest absolute Gasteiger partial charge is 0.242 e. The van der Waals surface area contributed by atoms with Crippen LogP contribution in [0.5, 0.6) is 11.8 Å². The van der Waals surface area contributed by atoms with Crippen molar-refractivity contribution in [1.29, 1.82) is 0 Å². The molecule has 2 aliphatic rings. The van der Waals surface area contributed by atoms with E-state index >= 15 is 0 Å². The lowest BCUT2D eigenvalue weighted by Crippen LogP contribution is -2.45. The van der Waals surface area contributed by atoms with Crippen molar-refractivity contribution in [2.45, 2.75) is 89.5 Å². The normalized spacial score (nSPS) is 19.9. The Morgan fingerprint density at radius 1 is 0.519 bits per heavy atom. The molecule has 0 radical (unpaired) electrons. The summed E-state index contributed by atoms with van der Waals surface area (Å²) in [5.74, 6) is 1.13. The molecule has 52 heavy (non-hydrogen) atoms. The second-order valence-electron chi connectivity index (χ2n) is 14.8. The number of aromatic nitrogens is 2. The van der Waals surface area contributed by atoms with Gasteiger partial charge < -0.3 is 9.47 Å². The highest BCUT2D eigenvalue weighted by Crippen LogP contribution is 2.41. The molecule has 268 valence electrons. The minimum Gasteiger partial charge on any atom is -0.466 e. The second kappa shape index (κ2) is 16.0. The molecule has 0 spiro atoms. The van der Waals surface area contributed by atoms with E-state index in [9.17, 15) is 0 Å². The molecule has 8 rings (SSSR count). The van der Waals surface area contributed by atoms with Gasteiger partial charge in [0.25, 0.3) is 0 Å². The zero-order valence-electron chi connectivity index (χ0n) is 30.8. The van der Waals surface area contributed by atoms with Gasteiger partial charge in [0.1, 0.15) is 12.2 Å². The molecule has 0 saturated carbocycles. The summed E-state index contributed by atoms with van der Waals surface area (Å²) in [6.07, 6.45) is 8.84. The zero-order valence-corrected chi connectivity index (χ0v) is 30.8. The van der Waals surface area contributed by atoms with Gasteiger partial charge in [0.05, 0.1) is 22.9 Å². The van der Waals surface area contributed by atoms with E-state index in [4.69, 9.17) is 19.7 Å². The molecule has 2 fully saturated rings. The van der Waals surface area contributed by atoms with Crippen molar-refractivity contribution in [2.75, 3.05) is 26.2 Å². The lowest BCUT2D eigenvalue weighted by atomic mass is 9.89. The number of hydrogen-bond acceptors (Lipinski definition) is 6. The van der Waals surface area contributed by atoms with Crippen molar-refractivity contribution in [1.82, 2.24) is 20.0 Å². The fourth-order valence-electron chi connectivity index (χ4n) is 9.01. The van der Waals surface area contributed by atoms with Crippen molar-refractivity contribution in [3.63, 3.8) is 0 Å². The number of rotatable bonds is 12. The van der Waals surface area contributed by atoms with E-state index < -0.39 is 0 Å². The van der Waals surface area contributed by atoms with Gasteiger partial charge in [-0.25, -0.2) is 0 Å². The van der Waals surface area contributed by atoms with Gasteiger partial charge >= 0.3 is 0 Å². The summed E-state index contributed by atoms with van der Waals surface area (Å²) in [4.78, 5) is 5.29. The monoisotopic (exact) mass is 692 g/mol. The molecule has 2 aliphatic heterocycles. The quantitative estimate of drug-likeness (QED) is 0.127. The molecule has 1 aromatic heterocycles. The van der Waals surface area contributed by atoms with Crippen molar-refractivity contribution < 1.29 is 9.47 Å². The maximum Gasteiger partial charge on any atom is 0.242 e. The molecule has 2 saturated heterocycles. The van der Waals surface area contributed by atoms with Crippen LogP contribution in [0.4, 0.5) is 0 Å². The molecule has 5 aromatic carbocycles. The van der Waals surface area contributed by atoms with E-state index in [1.807, 2.05) is 0 Å². The Balaban J connectivity index is 1.21. The largest absolute Gasteiger partial charge is 0.466 e. The van der Waals surface area contributed by atoms with Gasteiger partial charge in [0.15, 0.2) is 0 Å². The van der Waals surface area contributed by atoms with Crippen LogP contribution in [0.1, 0.15) is 88.5 Å². The summed E-state index contributed by atoms with van der Waals surface area (Å²) >= 11 is 0. The SMILES string of the molecule is CCCN1CCCCC1C(Oc1nnc(O[C@H](c2cccc3ccccc23)C2CCCCN2CCC)c2ccccc12)c1cccc2ccccc12. The Labute approximate surface area is 308 Å². The summed E-state index contributed by atoms with van der Waals surface area (Å²) in [5, 5.41) is 16.6. The molecule has 0 aliphatic carbocycles. The minimum absolute atomic E-state index is 0.198. The molecule has 6 heteroatoms. The average molecular weight is 693 g/mol. The highest BCUT2D eigenvalue weighted by atomic mass is 16.5. The van der Waals surface area contributed by atoms with E-state index in [1.54, 1.807) is 0 Å². The van der Waals surface area contributed by atoms with Crippen LogP contribution in [0.2, 0.25) is 0 Å². The number of fused-ring (bicyclic) bond motifs is 3. The maximum absolute atomic E-state index is 7.23. The van der Waals surface area contributed by atoms with E-state index in [2.05, 4.69) is 133 Å². The second-order valence-corrected chi connectivity index (χ2v) is 14.8. The topological polar surface area (TPSA) is 50.7 Å². The molecule has 0 bridgehead atoms. The van der Waals surface area contributed by atoms with E-state index in [1.165, 1.54) is 58.4 Å². The van der Waals surface area contributed by atoms with Crippen molar-refractivity contribution in [3.8, 4) is 11.8 Å². The summed E-state index contributed by atoms with van der Waals surface area (Å²) in [6, 6.07) is 39.4. The summed E-state index contributed by atoms with van der Waals surface area (Å²) in [6.45, 7) is 8.84. The van der Waals surface area contributed by atoms with Gasteiger partial charge in [-0.1, -0.05) is 124 Å². The lowest BCUT2D eigenvalue weighted by Gasteiger charge is -2.41. The molecule has 3 heterocycles. The number of hydrogen-bond donors (Lipinski definition) is 0. The molecule has 3 unspecified atom stereocenters. The van der Waals surface area contributed by atoms with Crippen molar-refractivity contribution >= 4 is 32.3 Å². The first kappa shape index (κ1) is 34.6. The Bertz CT molecular complexity index is 1950. The lowest BCUT2D eigenvalue weighted by molar-refractivity contribution is 0.0352. The molecule has 4 atom stereocenters. The predicted molar refractivity (Wildman–Crippen MR) is 213 cm³/mol. The number of benzene rings is 5. The summed E-state index contributed by atoms with van der Waals surface area (Å²) in [7, 11) is 0. The standard InChI is InChI=1S/C46H52N4O2/c1-3-29-49-31-13-11-27-41(49)43(37-25-15-19-33-17-5-7-21-35(33)37)51-45-39-23-9-10-24-40(39)46(48-47-45)52-44(42-28-12-14-32-50(42)30-4-2)38-26-16-20-34-18-6-8-22-36(34)38/h5-10,15-26,41-44H,3-4,11-14,27-32H2,1-2H3/t41?,42?,43-,44?/m1/s1. The third-order valence-electron chi connectivity index (χ3n) is 11.4. The van der Waals surface area contributed by atoms with Crippen molar-refractivity contribution in [2.24, 2.45) is 0 Å². The van der Waals surface area contributed by atoms with Crippen LogP contribution in [0.25, 0.3) is 32.3 Å². The third-order valence-corrected chi connectivity index (χ3v) is 11.4. The Morgan fingerprint density at radius 2 is 0.923 bits per heavy atom. The van der Waals surface area contributed by atoms with Gasteiger partial charge in [-0.15, -0.1) is 10.2 Å². The van der Waals surface area contributed by atoms with Crippen LogP contribution in [0.3, 0.4) is 0 Å². The van der Waals surface area contributed by atoms with E-state index in [-0.39, 0.29) is 24.3 Å². The summed E-state index contributed by atoms with van der Waals surface area (Å²) in [5.41, 5.74) is 2.42. The van der Waals surface area contributed by atoms with Crippen LogP contribution < -0.4 is 9.47 Å². The first-order valence-corrected chi connectivity index (χ1v) is 19.8. The number of piperidine rings is 2. The number of ether oxygens (including phenoxy) is 2. The van der Waals surface area contributed by atoms with Crippen LogP contribution in [0, 0.1) is 0 Å². The van der Waals surface area contributed by atoms with Crippen LogP contribution >= 0.6 is 0 Å². The predicted octanol–water partition coefficient (Wildman–Crippen LogP) is 10.7. The third kappa shape index (κ3) is 6.99. The number of nitrogens with zero attached hydrogens (tertiary/aromatic N) is 4. The van der Waals surface area contributed by atoms with Gasteiger partial charge in [-0.05, 0) is 98.4 Å². The van der Waals surface area contributed by atoms with E-state index in [0.717, 1.165) is 62.6 Å². The highest BCUT2D eigenvalue weighted by Gasteiger charge is 2.36. The Morgan fingerprint density at radius 3 is 1.37 bits per heavy atom. The van der Waals surface area contributed by atoms with Crippen LogP contribution in [-0.4, -0.2) is 58.3 Å². The zero-order chi connectivity index (χ0) is 35.3. The van der Waals surface area contributed by atoms with Crippen molar-refractivity contribution in [3.05, 3.63) is 120 Å². The molecular formula is C46H52N4O2. The Hall–Kier alpha value is -4.52. The molecule has 6 nitrogen and oxygen atoms in total. The minimum atomic E-state index is -0.198. The molecular weight excluding hydrogens is 641 g/mol. The average Bonchev–Trinajstić information content (AvgIpc) is 3.20.